The Morgan fingerprint density at radius 2 is 1.87 bits per heavy atom. The minimum absolute atomic E-state index is 0.00903. The van der Waals surface area contributed by atoms with Gasteiger partial charge in [-0.05, 0) is 43.2 Å². The number of nitrogens with zero attached hydrogens (tertiary/aromatic N) is 4. The SMILES string of the molecule is N#Cc1ccc(Nc2cc(Oc3cc(C(F)(F)F)nn3C3CCOCC3)ccn2)cc1. The third-order valence-corrected chi connectivity index (χ3v) is 4.77. The summed E-state index contributed by atoms with van der Waals surface area (Å²) in [7, 11) is 0. The zero-order valence-electron chi connectivity index (χ0n) is 16.3. The molecule has 3 heterocycles. The standard InChI is InChI=1S/C21H18F3N5O2/c22-21(23,24)18-12-20(29(28-18)16-6-9-30-10-7-16)31-17-5-8-26-19(11-17)27-15-3-1-14(13-25)2-4-15/h1-5,8,11-12,16H,6-7,9-10H2,(H,26,27). The highest BCUT2D eigenvalue weighted by Crippen LogP contribution is 2.36. The monoisotopic (exact) mass is 429 g/mol. The molecule has 1 aromatic carbocycles. The van der Waals surface area contributed by atoms with Crippen molar-refractivity contribution in [1.29, 1.82) is 5.26 Å². The Morgan fingerprint density at radius 1 is 1.13 bits per heavy atom. The number of ether oxygens (including phenoxy) is 2. The number of anilines is 2. The van der Waals surface area contributed by atoms with Gasteiger partial charge in [-0.3, -0.25) is 0 Å². The van der Waals surface area contributed by atoms with E-state index >= 15 is 0 Å². The van der Waals surface area contributed by atoms with E-state index in [2.05, 4.69) is 15.4 Å². The molecule has 0 unspecified atom stereocenters. The third-order valence-electron chi connectivity index (χ3n) is 4.77. The molecule has 2 aromatic heterocycles. The lowest BCUT2D eigenvalue weighted by Crippen LogP contribution is -2.21. The van der Waals surface area contributed by atoms with Gasteiger partial charge in [0.25, 0.3) is 0 Å². The molecule has 1 aliphatic rings. The van der Waals surface area contributed by atoms with Crippen LogP contribution in [0.4, 0.5) is 24.7 Å². The maximum absolute atomic E-state index is 13.3. The van der Waals surface area contributed by atoms with E-state index in [9.17, 15) is 13.2 Å². The third kappa shape index (κ3) is 4.95. The first-order valence-corrected chi connectivity index (χ1v) is 9.58. The van der Waals surface area contributed by atoms with Crippen LogP contribution in [0.2, 0.25) is 0 Å². The number of nitrogens with one attached hydrogen (secondary N) is 1. The summed E-state index contributed by atoms with van der Waals surface area (Å²) in [5.74, 6) is 0.762. The largest absolute Gasteiger partial charge is 0.439 e. The van der Waals surface area contributed by atoms with Gasteiger partial charge in [-0.15, -0.1) is 0 Å². The minimum Gasteiger partial charge on any atom is -0.439 e. The number of benzene rings is 1. The average Bonchev–Trinajstić information content (AvgIpc) is 3.19. The molecule has 7 nitrogen and oxygen atoms in total. The Bertz CT molecular complexity index is 1080. The van der Waals surface area contributed by atoms with E-state index in [0.717, 1.165) is 6.07 Å². The van der Waals surface area contributed by atoms with Gasteiger partial charge in [0.15, 0.2) is 5.69 Å². The van der Waals surface area contributed by atoms with Gasteiger partial charge in [-0.25, -0.2) is 9.67 Å². The van der Waals surface area contributed by atoms with Crippen LogP contribution in [-0.2, 0) is 10.9 Å². The topological polar surface area (TPSA) is 85.0 Å². The van der Waals surface area contributed by atoms with Crippen LogP contribution in [-0.4, -0.2) is 28.0 Å². The maximum atomic E-state index is 13.3. The number of hydrogen-bond acceptors (Lipinski definition) is 6. The molecule has 0 spiro atoms. The van der Waals surface area contributed by atoms with E-state index in [-0.39, 0.29) is 11.9 Å². The highest BCUT2D eigenvalue weighted by Gasteiger charge is 2.36. The number of nitriles is 1. The van der Waals surface area contributed by atoms with Gasteiger partial charge in [0.05, 0.1) is 17.7 Å². The van der Waals surface area contributed by atoms with Crippen LogP contribution >= 0.6 is 0 Å². The van der Waals surface area contributed by atoms with Crippen molar-refractivity contribution < 1.29 is 22.6 Å². The molecule has 31 heavy (non-hydrogen) atoms. The fourth-order valence-corrected chi connectivity index (χ4v) is 3.22. The van der Waals surface area contributed by atoms with Gasteiger partial charge in [0.2, 0.25) is 5.88 Å². The second kappa shape index (κ2) is 8.65. The van der Waals surface area contributed by atoms with Crippen LogP contribution in [0.25, 0.3) is 0 Å². The molecule has 4 rings (SSSR count). The highest BCUT2D eigenvalue weighted by atomic mass is 19.4. The summed E-state index contributed by atoms with van der Waals surface area (Å²) in [6.45, 7) is 0.915. The second-order valence-corrected chi connectivity index (χ2v) is 6.95. The van der Waals surface area contributed by atoms with Crippen LogP contribution in [0, 0.1) is 11.3 Å². The molecule has 0 atom stereocenters. The molecule has 1 N–H and O–H groups in total. The van der Waals surface area contributed by atoms with Crippen molar-refractivity contribution in [1.82, 2.24) is 14.8 Å². The summed E-state index contributed by atoms with van der Waals surface area (Å²) >= 11 is 0. The number of hydrogen-bond donors (Lipinski definition) is 1. The van der Waals surface area contributed by atoms with Crippen molar-refractivity contribution in [3.8, 4) is 17.7 Å². The van der Waals surface area contributed by atoms with Gasteiger partial charge in [0.1, 0.15) is 11.6 Å². The van der Waals surface area contributed by atoms with Crippen LogP contribution in [0.1, 0.15) is 30.1 Å². The fourth-order valence-electron chi connectivity index (χ4n) is 3.22. The van der Waals surface area contributed by atoms with Crippen LogP contribution in [0.3, 0.4) is 0 Å². The summed E-state index contributed by atoms with van der Waals surface area (Å²) in [6, 6.07) is 12.6. The first kappa shape index (κ1) is 20.7. The van der Waals surface area contributed by atoms with E-state index in [1.165, 1.54) is 10.9 Å². The lowest BCUT2D eigenvalue weighted by atomic mass is 10.1. The fraction of sp³-hybridized carbons (Fsp3) is 0.286. The minimum atomic E-state index is -4.57. The van der Waals surface area contributed by atoms with Crippen LogP contribution in [0.5, 0.6) is 11.6 Å². The maximum Gasteiger partial charge on any atom is 0.435 e. The van der Waals surface area contributed by atoms with E-state index < -0.39 is 11.9 Å². The molecule has 10 heteroatoms. The molecule has 1 fully saturated rings. The van der Waals surface area contributed by atoms with Gasteiger partial charge < -0.3 is 14.8 Å². The summed E-state index contributed by atoms with van der Waals surface area (Å²) in [5, 5.41) is 15.7. The summed E-state index contributed by atoms with van der Waals surface area (Å²) in [5.41, 5.74) is 0.228. The lowest BCUT2D eigenvalue weighted by molar-refractivity contribution is -0.141. The predicted molar refractivity (Wildman–Crippen MR) is 105 cm³/mol. The Balaban J connectivity index is 1.57. The normalized spacial score (nSPS) is 14.8. The van der Waals surface area contributed by atoms with E-state index in [0.29, 0.717) is 48.9 Å². The van der Waals surface area contributed by atoms with Gasteiger partial charge >= 0.3 is 6.18 Å². The number of alkyl halides is 3. The Labute approximate surface area is 176 Å². The van der Waals surface area contributed by atoms with Crippen molar-refractivity contribution in [3.05, 3.63) is 59.9 Å². The highest BCUT2D eigenvalue weighted by molar-refractivity contribution is 5.58. The molecule has 0 aliphatic carbocycles. The molecule has 1 aliphatic heterocycles. The molecule has 3 aromatic rings. The van der Waals surface area contributed by atoms with Gasteiger partial charge in [0, 0.05) is 37.2 Å². The van der Waals surface area contributed by atoms with Crippen molar-refractivity contribution in [2.45, 2.75) is 25.1 Å². The molecule has 1 saturated heterocycles. The van der Waals surface area contributed by atoms with Gasteiger partial charge in [-0.2, -0.15) is 23.5 Å². The van der Waals surface area contributed by atoms with Crippen molar-refractivity contribution in [2.24, 2.45) is 0 Å². The van der Waals surface area contributed by atoms with E-state index in [4.69, 9.17) is 14.7 Å². The zero-order valence-corrected chi connectivity index (χ0v) is 16.3. The van der Waals surface area contributed by atoms with E-state index in [1.807, 2.05) is 6.07 Å². The van der Waals surface area contributed by atoms with Crippen molar-refractivity contribution in [2.75, 3.05) is 18.5 Å². The summed E-state index contributed by atoms with van der Waals surface area (Å²) < 4.78 is 52.1. The molecule has 160 valence electrons. The molecule has 0 saturated carbocycles. The molecule has 0 radical (unpaired) electrons. The lowest BCUT2D eigenvalue weighted by Gasteiger charge is -2.23. The van der Waals surface area contributed by atoms with Crippen LogP contribution in [0.15, 0.2) is 48.7 Å². The average molecular weight is 429 g/mol. The first-order valence-electron chi connectivity index (χ1n) is 9.58. The second-order valence-electron chi connectivity index (χ2n) is 6.95. The summed E-state index contributed by atoms with van der Waals surface area (Å²) in [4.78, 5) is 4.20. The Kier molecular flexibility index (Phi) is 5.77. The number of rotatable bonds is 5. The quantitative estimate of drug-likeness (QED) is 0.611. The molecule has 0 amide bonds. The Morgan fingerprint density at radius 3 is 2.55 bits per heavy atom. The molecule has 0 bridgehead atoms. The van der Waals surface area contributed by atoms with Crippen LogP contribution < -0.4 is 10.1 Å². The molecular weight excluding hydrogens is 411 g/mol. The smallest absolute Gasteiger partial charge is 0.435 e. The number of pyridine rings is 1. The predicted octanol–water partition coefficient (Wildman–Crippen LogP) is 5.06. The number of aromatic nitrogens is 3. The first-order chi connectivity index (χ1) is 14.9. The van der Waals surface area contributed by atoms with E-state index in [1.54, 1.807) is 36.4 Å². The zero-order chi connectivity index (χ0) is 21.8. The molecular formula is C21H18F3N5O2. The number of halogens is 3. The van der Waals surface area contributed by atoms with Crippen molar-refractivity contribution >= 4 is 11.5 Å². The summed E-state index contributed by atoms with van der Waals surface area (Å²) in [6.07, 6.45) is -1.98. The van der Waals surface area contributed by atoms with Crippen molar-refractivity contribution in [3.63, 3.8) is 0 Å². The van der Waals surface area contributed by atoms with Gasteiger partial charge in [-0.1, -0.05) is 0 Å². The Hall–Kier alpha value is -3.58.